The zero-order valence-electron chi connectivity index (χ0n) is 11.0. The molecular formula is C13H26N2O. The van der Waals surface area contributed by atoms with E-state index in [1.807, 2.05) is 20.8 Å². The lowest BCUT2D eigenvalue weighted by atomic mass is 9.85. The number of carbonyl (C=O) groups is 1. The Morgan fingerprint density at radius 2 is 1.75 bits per heavy atom. The molecule has 1 saturated carbocycles. The molecule has 16 heavy (non-hydrogen) atoms. The van der Waals surface area contributed by atoms with E-state index in [1.54, 1.807) is 0 Å². The molecule has 3 nitrogen and oxygen atoms in total. The summed E-state index contributed by atoms with van der Waals surface area (Å²) in [5.41, 5.74) is 5.77. The fourth-order valence-electron chi connectivity index (χ4n) is 2.09. The van der Waals surface area contributed by atoms with E-state index >= 15 is 0 Å². The number of hydrogen-bond acceptors (Lipinski definition) is 2. The number of amides is 1. The second kappa shape index (κ2) is 5.17. The number of carbonyl (C=O) groups excluding carboxylic acids is 1. The normalized spacial score (nSPS) is 28.6. The Labute approximate surface area is 99.2 Å². The predicted molar refractivity (Wildman–Crippen MR) is 67.0 cm³/mol. The molecule has 1 aliphatic carbocycles. The lowest BCUT2D eigenvalue weighted by Gasteiger charge is -2.31. The summed E-state index contributed by atoms with van der Waals surface area (Å²) in [6.45, 7) is 8.28. The van der Waals surface area contributed by atoms with Gasteiger partial charge in [-0.1, -0.05) is 27.7 Å². The second-order valence-corrected chi connectivity index (χ2v) is 6.31. The molecule has 0 aromatic heterocycles. The van der Waals surface area contributed by atoms with E-state index in [0.29, 0.717) is 6.04 Å². The summed E-state index contributed by atoms with van der Waals surface area (Å²) in [5, 5.41) is 3.08. The summed E-state index contributed by atoms with van der Waals surface area (Å²) in [5.74, 6) is 0.816. The van der Waals surface area contributed by atoms with Gasteiger partial charge in [0.05, 0.1) is 6.04 Å². The van der Waals surface area contributed by atoms with Crippen LogP contribution in [0.1, 0.15) is 53.4 Å². The maximum atomic E-state index is 11.9. The van der Waals surface area contributed by atoms with Crippen LogP contribution in [0, 0.1) is 11.3 Å². The highest BCUT2D eigenvalue weighted by molar-refractivity contribution is 5.82. The quantitative estimate of drug-likeness (QED) is 0.757. The third kappa shape index (κ3) is 3.78. The average Bonchev–Trinajstić information content (AvgIpc) is 2.19. The second-order valence-electron chi connectivity index (χ2n) is 6.31. The van der Waals surface area contributed by atoms with Gasteiger partial charge in [0, 0.05) is 6.04 Å². The molecular weight excluding hydrogens is 200 g/mol. The lowest BCUT2D eigenvalue weighted by Crippen LogP contribution is -2.51. The smallest absolute Gasteiger partial charge is 0.237 e. The van der Waals surface area contributed by atoms with Crippen molar-refractivity contribution >= 4 is 5.91 Å². The molecule has 0 spiro atoms. The van der Waals surface area contributed by atoms with Gasteiger partial charge in [-0.15, -0.1) is 0 Å². The van der Waals surface area contributed by atoms with E-state index < -0.39 is 6.04 Å². The summed E-state index contributed by atoms with van der Waals surface area (Å²) < 4.78 is 0. The summed E-state index contributed by atoms with van der Waals surface area (Å²) in [7, 11) is 0. The van der Waals surface area contributed by atoms with Crippen LogP contribution in [0.5, 0.6) is 0 Å². The van der Waals surface area contributed by atoms with Crippen LogP contribution in [0.15, 0.2) is 0 Å². The molecule has 1 aliphatic rings. The zero-order chi connectivity index (χ0) is 12.3. The van der Waals surface area contributed by atoms with Gasteiger partial charge in [0.2, 0.25) is 5.91 Å². The third-order valence-electron chi connectivity index (χ3n) is 3.58. The van der Waals surface area contributed by atoms with E-state index in [0.717, 1.165) is 18.8 Å². The van der Waals surface area contributed by atoms with Crippen molar-refractivity contribution in [3.8, 4) is 0 Å². The van der Waals surface area contributed by atoms with E-state index in [2.05, 4.69) is 12.2 Å². The standard InChI is InChI=1S/C13H26N2O/c1-9-5-7-10(8-6-9)15-12(16)11(14)13(2,3)4/h9-11H,5-8,14H2,1-4H3,(H,15,16)/t9?,10?,11-/m0/s1. The first-order valence-electron chi connectivity index (χ1n) is 6.36. The molecule has 0 aromatic carbocycles. The number of rotatable bonds is 2. The largest absolute Gasteiger partial charge is 0.352 e. The van der Waals surface area contributed by atoms with Crippen LogP contribution < -0.4 is 11.1 Å². The molecule has 0 bridgehead atoms. The van der Waals surface area contributed by atoms with Gasteiger partial charge in [0.1, 0.15) is 0 Å². The molecule has 0 unspecified atom stereocenters. The van der Waals surface area contributed by atoms with Crippen LogP contribution in [0.3, 0.4) is 0 Å². The Morgan fingerprint density at radius 3 is 2.19 bits per heavy atom. The van der Waals surface area contributed by atoms with Crippen molar-refractivity contribution in [1.82, 2.24) is 5.32 Å². The number of hydrogen-bond donors (Lipinski definition) is 2. The minimum absolute atomic E-state index is 0.00653. The monoisotopic (exact) mass is 226 g/mol. The predicted octanol–water partition coefficient (Wildman–Crippen LogP) is 2.05. The van der Waals surface area contributed by atoms with E-state index in [4.69, 9.17) is 5.73 Å². The van der Waals surface area contributed by atoms with E-state index in [1.165, 1.54) is 12.8 Å². The number of nitrogens with one attached hydrogen (secondary N) is 1. The summed E-state index contributed by atoms with van der Waals surface area (Å²) in [6.07, 6.45) is 4.64. The first kappa shape index (κ1) is 13.5. The molecule has 94 valence electrons. The first-order chi connectivity index (χ1) is 7.30. The van der Waals surface area contributed by atoms with Gasteiger partial charge < -0.3 is 11.1 Å². The Hall–Kier alpha value is -0.570. The van der Waals surface area contributed by atoms with Crippen LogP contribution in [0.25, 0.3) is 0 Å². The Balaban J connectivity index is 2.40. The van der Waals surface area contributed by atoms with Crippen molar-refractivity contribution in [2.75, 3.05) is 0 Å². The van der Waals surface area contributed by atoms with Crippen molar-refractivity contribution in [2.45, 2.75) is 65.5 Å². The molecule has 3 N–H and O–H groups in total. The van der Waals surface area contributed by atoms with Crippen molar-refractivity contribution in [3.63, 3.8) is 0 Å². The molecule has 1 fully saturated rings. The summed E-state index contributed by atoms with van der Waals surface area (Å²) in [4.78, 5) is 11.9. The van der Waals surface area contributed by atoms with Gasteiger partial charge >= 0.3 is 0 Å². The van der Waals surface area contributed by atoms with Crippen LogP contribution in [-0.4, -0.2) is 18.0 Å². The summed E-state index contributed by atoms with van der Waals surface area (Å²) in [6, 6.07) is -0.0658. The highest BCUT2D eigenvalue weighted by atomic mass is 16.2. The fraction of sp³-hybridized carbons (Fsp3) is 0.923. The molecule has 1 atom stereocenters. The topological polar surface area (TPSA) is 55.1 Å². The third-order valence-corrected chi connectivity index (χ3v) is 3.58. The minimum Gasteiger partial charge on any atom is -0.352 e. The van der Waals surface area contributed by atoms with Crippen LogP contribution in [0.2, 0.25) is 0 Å². The maximum Gasteiger partial charge on any atom is 0.237 e. The van der Waals surface area contributed by atoms with Gasteiger partial charge in [0.15, 0.2) is 0 Å². The molecule has 0 saturated heterocycles. The SMILES string of the molecule is CC1CCC(NC(=O)[C@H](N)C(C)(C)C)CC1. The first-order valence-corrected chi connectivity index (χ1v) is 6.36. The van der Waals surface area contributed by atoms with Crippen molar-refractivity contribution in [2.24, 2.45) is 17.1 Å². The number of nitrogens with two attached hydrogens (primary N) is 1. The van der Waals surface area contributed by atoms with Gasteiger partial charge in [-0.3, -0.25) is 4.79 Å². The maximum absolute atomic E-state index is 11.9. The van der Waals surface area contributed by atoms with Gasteiger partial charge in [-0.2, -0.15) is 0 Å². The molecule has 0 aliphatic heterocycles. The Morgan fingerprint density at radius 1 is 1.25 bits per heavy atom. The molecule has 0 heterocycles. The van der Waals surface area contributed by atoms with E-state index in [-0.39, 0.29) is 11.3 Å². The van der Waals surface area contributed by atoms with Crippen LogP contribution in [-0.2, 0) is 4.79 Å². The Bertz CT molecular complexity index is 237. The molecule has 1 amide bonds. The molecule has 3 heteroatoms. The average molecular weight is 226 g/mol. The van der Waals surface area contributed by atoms with Gasteiger partial charge in [-0.05, 0) is 37.0 Å². The highest BCUT2D eigenvalue weighted by Gasteiger charge is 2.29. The fourth-order valence-corrected chi connectivity index (χ4v) is 2.09. The van der Waals surface area contributed by atoms with Crippen molar-refractivity contribution in [3.05, 3.63) is 0 Å². The zero-order valence-corrected chi connectivity index (χ0v) is 11.0. The van der Waals surface area contributed by atoms with Crippen LogP contribution in [0.4, 0.5) is 0 Å². The van der Waals surface area contributed by atoms with Crippen molar-refractivity contribution < 1.29 is 4.79 Å². The van der Waals surface area contributed by atoms with Crippen LogP contribution >= 0.6 is 0 Å². The van der Waals surface area contributed by atoms with Gasteiger partial charge in [0.25, 0.3) is 0 Å². The van der Waals surface area contributed by atoms with E-state index in [9.17, 15) is 4.79 Å². The van der Waals surface area contributed by atoms with Crippen molar-refractivity contribution in [1.29, 1.82) is 0 Å². The summed E-state index contributed by atoms with van der Waals surface area (Å²) >= 11 is 0. The lowest BCUT2D eigenvalue weighted by molar-refractivity contribution is -0.125. The molecule has 0 radical (unpaired) electrons. The van der Waals surface area contributed by atoms with Gasteiger partial charge in [-0.25, -0.2) is 0 Å². The molecule has 1 rings (SSSR count). The highest BCUT2D eigenvalue weighted by Crippen LogP contribution is 2.24. The minimum atomic E-state index is -0.410. The molecule has 0 aromatic rings. The Kier molecular flexibility index (Phi) is 4.36.